The maximum atomic E-state index is 12.9. The van der Waals surface area contributed by atoms with Crippen molar-refractivity contribution in [2.45, 2.75) is 25.9 Å². The Hall–Kier alpha value is -2.16. The normalized spacial score (nSPS) is 15.2. The van der Waals surface area contributed by atoms with E-state index >= 15 is 0 Å². The second-order valence-electron chi connectivity index (χ2n) is 6.96. The molecule has 162 valence electrons. The number of amides is 1. The fraction of sp³-hybridized carbons (Fsp3) is 0.350. The van der Waals surface area contributed by atoms with Crippen molar-refractivity contribution in [1.82, 2.24) is 5.32 Å². The molecular weight excluding hydrogens is 451 g/mol. The van der Waals surface area contributed by atoms with Crippen LogP contribution in [0.3, 0.4) is 0 Å². The molecule has 0 radical (unpaired) electrons. The Morgan fingerprint density at radius 1 is 1.07 bits per heavy atom. The number of anilines is 1. The molecule has 30 heavy (non-hydrogen) atoms. The molecule has 3 rings (SSSR count). The van der Waals surface area contributed by atoms with Gasteiger partial charge in [-0.2, -0.15) is 0 Å². The number of fused-ring (bicyclic) bond motifs is 1. The Balaban J connectivity index is 1.83. The van der Waals surface area contributed by atoms with Gasteiger partial charge in [-0.25, -0.2) is 8.42 Å². The quantitative estimate of drug-likeness (QED) is 0.690. The average Bonchev–Trinajstić information content (AvgIpc) is 2.69. The van der Waals surface area contributed by atoms with E-state index in [1.165, 1.54) is 19.1 Å². The van der Waals surface area contributed by atoms with Crippen molar-refractivity contribution >= 4 is 44.8 Å². The summed E-state index contributed by atoms with van der Waals surface area (Å²) in [6, 6.07) is 8.39. The van der Waals surface area contributed by atoms with E-state index in [0.29, 0.717) is 29.7 Å². The lowest BCUT2D eigenvalue weighted by atomic mass is 10.1. The number of carbonyl (C=O) groups is 1. The summed E-state index contributed by atoms with van der Waals surface area (Å²) in [5.74, 6) is 0.769. The van der Waals surface area contributed by atoms with Gasteiger partial charge in [-0.1, -0.05) is 29.3 Å². The van der Waals surface area contributed by atoms with Gasteiger partial charge in [0, 0.05) is 5.02 Å². The summed E-state index contributed by atoms with van der Waals surface area (Å²) in [5, 5.41) is 3.32. The first-order valence-electron chi connectivity index (χ1n) is 9.22. The minimum atomic E-state index is -3.82. The van der Waals surface area contributed by atoms with E-state index < -0.39 is 28.0 Å². The van der Waals surface area contributed by atoms with Crippen LogP contribution >= 0.6 is 23.2 Å². The Kier molecular flexibility index (Phi) is 6.69. The average molecular weight is 473 g/mol. The van der Waals surface area contributed by atoms with E-state index in [9.17, 15) is 13.2 Å². The molecule has 1 aliphatic rings. The van der Waals surface area contributed by atoms with Crippen LogP contribution in [0.5, 0.6) is 11.5 Å². The lowest BCUT2D eigenvalue weighted by Gasteiger charge is -2.30. The van der Waals surface area contributed by atoms with Gasteiger partial charge < -0.3 is 14.8 Å². The first kappa shape index (κ1) is 22.5. The first-order chi connectivity index (χ1) is 14.1. The molecule has 7 nitrogen and oxygen atoms in total. The van der Waals surface area contributed by atoms with Gasteiger partial charge in [0.1, 0.15) is 19.3 Å². The van der Waals surface area contributed by atoms with Crippen molar-refractivity contribution in [1.29, 1.82) is 0 Å². The zero-order chi connectivity index (χ0) is 22.1. The lowest BCUT2D eigenvalue weighted by Crippen LogP contribution is -2.48. The molecule has 1 heterocycles. The van der Waals surface area contributed by atoms with Crippen LogP contribution in [0.15, 0.2) is 36.4 Å². The van der Waals surface area contributed by atoms with Gasteiger partial charge in [0.15, 0.2) is 11.5 Å². The van der Waals surface area contributed by atoms with Gasteiger partial charge >= 0.3 is 0 Å². The van der Waals surface area contributed by atoms with Gasteiger partial charge in [0.2, 0.25) is 15.9 Å². The second kappa shape index (κ2) is 8.91. The fourth-order valence-corrected chi connectivity index (χ4v) is 4.79. The Bertz CT molecular complexity index is 1060. The SMILES string of the molecule is C[C@H](NC(=O)[C@H](C)N(c1cc(Cl)ccc1Cl)S(C)(=O)=O)c1ccc2c(c1)OCCO2. The van der Waals surface area contributed by atoms with Crippen molar-refractivity contribution in [2.24, 2.45) is 0 Å². The van der Waals surface area contributed by atoms with Crippen molar-refractivity contribution in [3.05, 3.63) is 52.0 Å². The number of nitrogens with one attached hydrogen (secondary N) is 1. The topological polar surface area (TPSA) is 84.9 Å². The van der Waals surface area contributed by atoms with Crippen LogP contribution in [-0.4, -0.2) is 39.8 Å². The molecule has 0 aliphatic carbocycles. The summed E-state index contributed by atoms with van der Waals surface area (Å²) in [7, 11) is -3.82. The van der Waals surface area contributed by atoms with Crippen molar-refractivity contribution in [2.75, 3.05) is 23.8 Å². The highest BCUT2D eigenvalue weighted by Crippen LogP contribution is 2.34. The molecule has 2 aromatic carbocycles. The van der Waals surface area contributed by atoms with Crippen LogP contribution < -0.4 is 19.1 Å². The molecule has 1 N–H and O–H groups in total. The fourth-order valence-electron chi connectivity index (χ4n) is 3.18. The Labute approximate surface area is 185 Å². The maximum Gasteiger partial charge on any atom is 0.244 e. The molecule has 1 aliphatic heterocycles. The third kappa shape index (κ3) is 4.94. The summed E-state index contributed by atoms with van der Waals surface area (Å²) in [5.41, 5.74) is 0.938. The summed E-state index contributed by atoms with van der Waals surface area (Å²) < 4.78 is 37.0. The van der Waals surface area contributed by atoms with E-state index in [1.54, 1.807) is 25.1 Å². The van der Waals surface area contributed by atoms with Gasteiger partial charge in [-0.05, 0) is 49.7 Å². The Morgan fingerprint density at radius 2 is 1.73 bits per heavy atom. The molecule has 2 aromatic rings. The van der Waals surface area contributed by atoms with Crippen LogP contribution in [-0.2, 0) is 14.8 Å². The minimum absolute atomic E-state index is 0.140. The molecular formula is C20H22Cl2N2O5S. The van der Waals surface area contributed by atoms with Crippen LogP contribution in [0, 0.1) is 0 Å². The van der Waals surface area contributed by atoms with Gasteiger partial charge in [-0.3, -0.25) is 9.10 Å². The number of nitrogens with zero attached hydrogens (tertiary/aromatic N) is 1. The monoisotopic (exact) mass is 472 g/mol. The first-order valence-corrected chi connectivity index (χ1v) is 11.8. The van der Waals surface area contributed by atoms with E-state index in [2.05, 4.69) is 5.32 Å². The summed E-state index contributed by atoms with van der Waals surface area (Å²) in [4.78, 5) is 12.9. The highest BCUT2D eigenvalue weighted by Gasteiger charge is 2.31. The molecule has 0 spiro atoms. The zero-order valence-electron chi connectivity index (χ0n) is 16.7. The van der Waals surface area contributed by atoms with Gasteiger partial charge in [0.25, 0.3) is 0 Å². The number of sulfonamides is 1. The Morgan fingerprint density at radius 3 is 2.40 bits per heavy atom. The van der Waals surface area contributed by atoms with Crippen molar-refractivity contribution < 1.29 is 22.7 Å². The largest absolute Gasteiger partial charge is 0.486 e. The van der Waals surface area contributed by atoms with Crippen LogP contribution in [0.25, 0.3) is 0 Å². The summed E-state index contributed by atoms with van der Waals surface area (Å²) >= 11 is 12.2. The number of carbonyl (C=O) groups excluding carboxylic acids is 1. The van der Waals surface area contributed by atoms with Gasteiger partial charge in [-0.15, -0.1) is 0 Å². The zero-order valence-corrected chi connectivity index (χ0v) is 19.0. The van der Waals surface area contributed by atoms with E-state index in [1.807, 2.05) is 6.07 Å². The number of rotatable bonds is 6. The molecule has 10 heteroatoms. The maximum absolute atomic E-state index is 12.9. The molecule has 2 atom stereocenters. The van der Waals surface area contributed by atoms with Gasteiger partial charge in [0.05, 0.1) is 23.0 Å². The molecule has 1 amide bonds. The van der Waals surface area contributed by atoms with Crippen molar-refractivity contribution in [3.63, 3.8) is 0 Å². The second-order valence-corrected chi connectivity index (χ2v) is 9.67. The predicted molar refractivity (Wildman–Crippen MR) is 117 cm³/mol. The predicted octanol–water partition coefficient (Wildman–Crippen LogP) is 3.80. The number of halogens is 2. The number of ether oxygens (including phenoxy) is 2. The van der Waals surface area contributed by atoms with Crippen LogP contribution in [0.1, 0.15) is 25.5 Å². The smallest absolute Gasteiger partial charge is 0.244 e. The molecule has 0 fully saturated rings. The number of hydrogen-bond acceptors (Lipinski definition) is 5. The highest BCUT2D eigenvalue weighted by atomic mass is 35.5. The molecule has 0 unspecified atom stereocenters. The standard InChI is InChI=1S/C20H22Cl2N2O5S/c1-12(14-4-7-18-19(10-14)29-9-8-28-18)23-20(25)13(2)24(30(3,26)27)17-11-15(21)5-6-16(17)22/h4-7,10-13H,8-9H2,1-3H3,(H,23,25)/t12-,13-/m0/s1. The number of benzene rings is 2. The van der Waals surface area contributed by atoms with Crippen LogP contribution in [0.2, 0.25) is 10.0 Å². The minimum Gasteiger partial charge on any atom is -0.486 e. The number of hydrogen-bond donors (Lipinski definition) is 1. The molecule has 0 saturated heterocycles. The lowest BCUT2D eigenvalue weighted by molar-refractivity contribution is -0.122. The molecule has 0 bridgehead atoms. The van der Waals surface area contributed by atoms with E-state index in [-0.39, 0.29) is 10.7 Å². The molecule has 0 aromatic heterocycles. The third-order valence-electron chi connectivity index (χ3n) is 4.66. The highest BCUT2D eigenvalue weighted by molar-refractivity contribution is 7.92. The van der Waals surface area contributed by atoms with E-state index in [0.717, 1.165) is 16.1 Å². The molecule has 0 saturated carbocycles. The van der Waals surface area contributed by atoms with Crippen molar-refractivity contribution in [3.8, 4) is 11.5 Å². The van der Waals surface area contributed by atoms with E-state index in [4.69, 9.17) is 32.7 Å². The van der Waals surface area contributed by atoms with Crippen LogP contribution in [0.4, 0.5) is 5.69 Å². The third-order valence-corrected chi connectivity index (χ3v) is 6.44. The summed E-state index contributed by atoms with van der Waals surface area (Å²) in [6.45, 7) is 4.23. The summed E-state index contributed by atoms with van der Waals surface area (Å²) in [6.07, 6.45) is 1.01.